The minimum absolute atomic E-state index is 0.143. The molecule has 0 aliphatic carbocycles. The second-order valence-corrected chi connectivity index (χ2v) is 16.7. The van der Waals surface area contributed by atoms with Gasteiger partial charge in [0, 0.05) is 49.6 Å². The summed E-state index contributed by atoms with van der Waals surface area (Å²) >= 11 is 1.85. The lowest BCUT2D eigenvalue weighted by Gasteiger charge is -2.28. The third kappa shape index (κ3) is 10.8. The summed E-state index contributed by atoms with van der Waals surface area (Å²) in [5.41, 5.74) is 5.45. The van der Waals surface area contributed by atoms with Crippen LogP contribution in [-0.2, 0) is 10.8 Å². The van der Waals surface area contributed by atoms with Crippen LogP contribution >= 0.6 is 29.4 Å². The highest BCUT2D eigenvalue weighted by molar-refractivity contribution is 7.99. The van der Waals surface area contributed by atoms with Gasteiger partial charge in [0.2, 0.25) is 0 Å². The van der Waals surface area contributed by atoms with Crippen molar-refractivity contribution in [1.29, 1.82) is 0 Å². The summed E-state index contributed by atoms with van der Waals surface area (Å²) < 4.78 is 12.8. The molecule has 1 aliphatic rings. The molecule has 1 aliphatic heterocycles. The zero-order valence-electron chi connectivity index (χ0n) is 29.2. The lowest BCUT2D eigenvalue weighted by molar-refractivity contribution is 0.444. The largest absolute Gasteiger partial charge is 0.454 e. The van der Waals surface area contributed by atoms with Crippen LogP contribution in [0.15, 0.2) is 132 Å². The molecule has 0 bridgehead atoms. The Kier molecular flexibility index (Phi) is 12.9. The minimum atomic E-state index is 0.143. The third-order valence-corrected chi connectivity index (χ3v) is 10.4. The first-order valence-electron chi connectivity index (χ1n) is 15.9. The molecular weight excluding hydrogens is 634 g/mol. The number of nitrogens with one attached hydrogen (secondary N) is 1. The molecule has 1 N–H and O–H groups in total. The zero-order chi connectivity index (χ0) is 34.0. The highest BCUT2D eigenvalue weighted by atomic mass is 32.2. The number of aromatic nitrogens is 4. The molecule has 248 valence electrons. The predicted molar refractivity (Wildman–Crippen MR) is 207 cm³/mol. The Labute approximate surface area is 289 Å². The second-order valence-electron chi connectivity index (χ2n) is 13.4. The van der Waals surface area contributed by atoms with Gasteiger partial charge >= 0.3 is 0 Å². The van der Waals surface area contributed by atoms with Crippen molar-refractivity contribution in [3.05, 3.63) is 145 Å². The van der Waals surface area contributed by atoms with Gasteiger partial charge < -0.3 is 22.7 Å². The first kappa shape index (κ1) is 36.4. The number of aryl methyl sites for hydroxylation is 2. The van der Waals surface area contributed by atoms with Gasteiger partial charge in [-0.2, -0.15) is 0 Å². The van der Waals surface area contributed by atoms with E-state index in [2.05, 4.69) is 141 Å². The highest BCUT2D eigenvalue weighted by Crippen LogP contribution is 2.51. The monoisotopic (exact) mass is 684 g/mol. The molecular formula is C39H50N4OP2S. The fraction of sp³-hybridized carbons (Fsp3) is 0.282. The standard InChI is InChI=1S/C22H28OS.C8H9N2P.C5H8NP.C4H5N/c1-13-9-15(21(3,4)5)11-17-19(13)23-20-14(2)10-16(22(6,7)8)12-18(20)24-17;1-2-6-9(5-1)11-10-7-3-4-8-10;1-7-6-4-2-3-5-6;1-2-4-5-3-1/h9-12H,1-8H3;1-8,11H;2-5,7H,1H3;1-5H. The first-order valence-corrected chi connectivity index (χ1v) is 19.1. The average molecular weight is 685 g/mol. The van der Waals surface area contributed by atoms with E-state index in [1.54, 1.807) is 0 Å². The summed E-state index contributed by atoms with van der Waals surface area (Å²) in [5, 5.41) is 0. The topological polar surface area (TPSA) is 39.8 Å². The van der Waals surface area contributed by atoms with E-state index in [1.807, 2.05) is 72.7 Å². The van der Waals surface area contributed by atoms with Crippen LogP contribution < -0.4 is 4.74 Å². The van der Waals surface area contributed by atoms with Crippen molar-refractivity contribution in [3.8, 4) is 11.5 Å². The molecule has 7 rings (SSSR count). The van der Waals surface area contributed by atoms with Gasteiger partial charge in [-0.3, -0.25) is 0 Å². The normalized spacial score (nSPS) is 12.0. The summed E-state index contributed by atoms with van der Waals surface area (Å²) in [6, 6.07) is 25.3. The Hall–Kier alpha value is -3.43. The van der Waals surface area contributed by atoms with Crippen LogP contribution in [0.4, 0.5) is 0 Å². The van der Waals surface area contributed by atoms with Gasteiger partial charge in [-0.05, 0) is 123 Å². The van der Waals surface area contributed by atoms with Crippen LogP contribution in [0.25, 0.3) is 0 Å². The lowest BCUT2D eigenvalue weighted by Crippen LogP contribution is -2.14. The number of aromatic amines is 1. The summed E-state index contributed by atoms with van der Waals surface area (Å²) in [6.45, 7) is 20.0. The van der Waals surface area contributed by atoms with E-state index < -0.39 is 0 Å². The summed E-state index contributed by atoms with van der Waals surface area (Å²) in [5.74, 6) is 2.04. The van der Waals surface area contributed by atoms with Crippen molar-refractivity contribution in [2.45, 2.75) is 76.0 Å². The van der Waals surface area contributed by atoms with Crippen molar-refractivity contribution in [2.75, 3.05) is 6.66 Å². The van der Waals surface area contributed by atoms with Gasteiger partial charge in [0.15, 0.2) is 0 Å². The number of fused-ring (bicyclic) bond motifs is 2. The summed E-state index contributed by atoms with van der Waals surface area (Å²) in [4.78, 5) is 5.33. The van der Waals surface area contributed by atoms with E-state index in [0.717, 1.165) is 20.2 Å². The lowest BCUT2D eigenvalue weighted by atomic mass is 9.86. The molecule has 0 fully saturated rings. The molecule has 1 unspecified atom stereocenters. The Balaban J connectivity index is 0.000000176. The van der Waals surface area contributed by atoms with Crippen LogP contribution in [0, 0.1) is 13.8 Å². The van der Waals surface area contributed by atoms with Gasteiger partial charge in [0.05, 0.1) is 18.7 Å². The number of H-pyrrole nitrogens is 1. The van der Waals surface area contributed by atoms with Gasteiger partial charge in [0.1, 0.15) is 11.5 Å². The minimum Gasteiger partial charge on any atom is -0.454 e. The highest BCUT2D eigenvalue weighted by Gasteiger charge is 2.26. The van der Waals surface area contributed by atoms with Crippen molar-refractivity contribution < 1.29 is 4.74 Å². The number of benzene rings is 2. The fourth-order valence-corrected chi connectivity index (χ4v) is 7.23. The molecule has 0 spiro atoms. The van der Waals surface area contributed by atoms with E-state index in [4.69, 9.17) is 4.74 Å². The third-order valence-electron chi connectivity index (χ3n) is 7.44. The Morgan fingerprint density at radius 2 is 0.957 bits per heavy atom. The Morgan fingerprint density at radius 1 is 0.574 bits per heavy atom. The average Bonchev–Trinajstić information content (AvgIpc) is 3.86. The molecule has 8 heteroatoms. The number of rotatable bonds is 3. The van der Waals surface area contributed by atoms with Gasteiger partial charge in [-0.25, -0.2) is 0 Å². The first-order chi connectivity index (χ1) is 22.3. The van der Waals surface area contributed by atoms with Gasteiger partial charge in [0.25, 0.3) is 0 Å². The maximum Gasteiger partial charge on any atom is 0.144 e. The molecule has 0 saturated heterocycles. The summed E-state index contributed by atoms with van der Waals surface area (Å²) in [6.07, 6.45) is 16.2. The molecule has 6 aromatic rings. The van der Waals surface area contributed by atoms with E-state index in [0.29, 0.717) is 8.88 Å². The smallest absolute Gasteiger partial charge is 0.144 e. The quantitative estimate of drug-likeness (QED) is 0.188. The zero-order valence-corrected chi connectivity index (χ0v) is 32.0. The van der Waals surface area contributed by atoms with E-state index in [1.165, 1.54) is 32.0 Å². The van der Waals surface area contributed by atoms with Gasteiger partial charge in [-0.1, -0.05) is 65.4 Å². The number of hydrogen-bond donors (Lipinski definition) is 1. The molecule has 0 saturated carbocycles. The van der Waals surface area contributed by atoms with Crippen molar-refractivity contribution >= 4 is 29.4 Å². The van der Waals surface area contributed by atoms with Crippen LogP contribution in [0.5, 0.6) is 11.5 Å². The van der Waals surface area contributed by atoms with Crippen molar-refractivity contribution in [3.63, 3.8) is 0 Å². The second kappa shape index (κ2) is 16.6. The number of nitrogens with zero attached hydrogens (tertiary/aromatic N) is 3. The molecule has 5 nitrogen and oxygen atoms in total. The van der Waals surface area contributed by atoms with Crippen molar-refractivity contribution in [1.82, 2.24) is 18.0 Å². The van der Waals surface area contributed by atoms with Crippen molar-refractivity contribution in [2.24, 2.45) is 0 Å². The molecule has 4 aromatic heterocycles. The van der Waals surface area contributed by atoms with E-state index >= 15 is 0 Å². The van der Waals surface area contributed by atoms with Crippen LogP contribution in [0.1, 0.15) is 63.8 Å². The number of hydrogen-bond acceptors (Lipinski definition) is 2. The number of ether oxygens (including phenoxy) is 1. The Morgan fingerprint density at radius 3 is 1.26 bits per heavy atom. The van der Waals surface area contributed by atoms with E-state index in [9.17, 15) is 0 Å². The molecule has 0 radical (unpaired) electrons. The maximum absolute atomic E-state index is 6.35. The molecule has 5 heterocycles. The van der Waals surface area contributed by atoms with Crippen LogP contribution in [0.3, 0.4) is 0 Å². The maximum atomic E-state index is 6.35. The molecule has 2 aromatic carbocycles. The van der Waals surface area contributed by atoms with Crippen LogP contribution in [0.2, 0.25) is 0 Å². The SMILES string of the molecule is CPn1cccc1.Cc1cc(C(C)(C)C)cc2c1Oc1c(C)cc(C(C)(C)C)cc1S2.c1cc[nH]c1.c1ccn(Pn2cccc2)c1. The van der Waals surface area contributed by atoms with Gasteiger partial charge in [-0.15, -0.1) is 0 Å². The molecule has 47 heavy (non-hydrogen) atoms. The van der Waals surface area contributed by atoms with E-state index in [-0.39, 0.29) is 10.8 Å². The summed E-state index contributed by atoms with van der Waals surface area (Å²) in [7, 11) is 1.53. The van der Waals surface area contributed by atoms with Crippen LogP contribution in [-0.4, -0.2) is 24.7 Å². The fourth-order valence-electron chi connectivity index (χ4n) is 4.68. The molecule has 1 atom stereocenters. The predicted octanol–water partition coefficient (Wildman–Crippen LogP) is 11.9. The molecule has 0 amide bonds. The Bertz CT molecular complexity index is 1650.